The first kappa shape index (κ1) is 15.3. The van der Waals surface area contributed by atoms with Crippen LogP contribution in [0, 0.1) is 23.7 Å². The highest BCUT2D eigenvalue weighted by molar-refractivity contribution is 6.65. The molecule has 0 spiro atoms. The molecular weight excluding hydrogens is 408 g/mol. The van der Waals surface area contributed by atoms with Crippen molar-refractivity contribution in [3.8, 4) is 0 Å². The van der Waals surface area contributed by atoms with Gasteiger partial charge in [0.05, 0.1) is 22.3 Å². The fourth-order valence-electron chi connectivity index (χ4n) is 5.30. The summed E-state index contributed by atoms with van der Waals surface area (Å²) in [6.45, 7) is 0. The van der Waals surface area contributed by atoms with Crippen LogP contribution in [0.2, 0.25) is 0 Å². The van der Waals surface area contributed by atoms with Crippen LogP contribution in [0.3, 0.4) is 0 Å². The van der Waals surface area contributed by atoms with Crippen LogP contribution in [0.25, 0.3) is 0 Å². The van der Waals surface area contributed by atoms with Gasteiger partial charge in [0.25, 0.3) is 0 Å². The molecule has 0 N–H and O–H groups in total. The van der Waals surface area contributed by atoms with Crippen LogP contribution in [0.1, 0.15) is 6.42 Å². The number of ether oxygens (including phenoxy) is 1. The number of rotatable bonds is 0. The Morgan fingerprint density at radius 2 is 1.25 bits per heavy atom. The Kier molecular flexibility index (Phi) is 2.95. The van der Waals surface area contributed by atoms with Gasteiger partial charge < -0.3 is 4.74 Å². The van der Waals surface area contributed by atoms with E-state index in [0.29, 0.717) is 21.9 Å². The van der Waals surface area contributed by atoms with Gasteiger partial charge in [-0.1, -0.05) is 46.4 Å². The highest BCUT2D eigenvalue weighted by Gasteiger charge is 2.89. The van der Waals surface area contributed by atoms with Gasteiger partial charge in [0.2, 0.25) is 0 Å². The van der Waals surface area contributed by atoms with Gasteiger partial charge in [-0.25, -0.2) is 0 Å². The molecule has 1 saturated heterocycles. The number of allylic oxidation sites excluding steroid dienone is 2. The van der Waals surface area contributed by atoms with Crippen molar-refractivity contribution in [3.05, 3.63) is 10.1 Å². The highest BCUT2D eigenvalue weighted by atomic mass is 35.5. The lowest BCUT2D eigenvalue weighted by Crippen LogP contribution is -2.46. The number of fused-ring (bicyclic) bond motifs is 12. The molecule has 0 aromatic heterocycles. The van der Waals surface area contributed by atoms with Gasteiger partial charge >= 0.3 is 0 Å². The van der Waals surface area contributed by atoms with Crippen LogP contribution in [0.4, 0.5) is 0 Å². The van der Waals surface area contributed by atoms with E-state index in [1.54, 1.807) is 0 Å². The lowest BCUT2D eigenvalue weighted by atomic mass is 9.73. The normalized spacial score (nSPS) is 63.3. The quantitative estimate of drug-likeness (QED) is 0.310. The van der Waals surface area contributed by atoms with Crippen molar-refractivity contribution in [2.45, 2.75) is 32.7 Å². The summed E-state index contributed by atoms with van der Waals surface area (Å²) in [5.74, 6) is 0.776. The van der Waals surface area contributed by atoms with Crippen molar-refractivity contribution in [1.29, 1.82) is 0 Å². The lowest BCUT2D eigenvalue weighted by molar-refractivity contribution is 0.237. The average Bonchev–Trinajstić information content (AvgIpc) is 2.91. The van der Waals surface area contributed by atoms with Crippen LogP contribution in [0.15, 0.2) is 10.1 Å². The Morgan fingerprint density at radius 3 is 1.65 bits per heavy atom. The smallest absolute Gasteiger partial charge is 0.166 e. The third-order valence-electron chi connectivity index (χ3n) is 5.92. The Balaban J connectivity index is 0.00000106. The molecule has 0 radical (unpaired) electrons. The molecule has 1 aliphatic heterocycles. The molecule has 5 rings (SSSR count). The van der Waals surface area contributed by atoms with Crippen LogP contribution >= 0.6 is 82.0 Å². The number of epoxide rings is 1. The predicted octanol–water partition coefficient (Wildman–Crippen LogP) is 4.90. The monoisotopic (exact) mass is 414 g/mol. The van der Waals surface area contributed by atoms with Gasteiger partial charge in [-0.15, -0.1) is 35.6 Å². The zero-order valence-corrected chi connectivity index (χ0v) is 15.1. The molecule has 4 aliphatic carbocycles. The first-order valence-electron chi connectivity index (χ1n) is 6.25. The van der Waals surface area contributed by atoms with E-state index >= 15 is 0 Å². The minimum absolute atomic E-state index is 0. The summed E-state index contributed by atoms with van der Waals surface area (Å²) in [4.78, 5) is -2.17. The zero-order valence-electron chi connectivity index (χ0n) is 9.76. The minimum Gasteiger partial charge on any atom is -0.369 e. The Hall–Kier alpha value is 1.73. The van der Waals surface area contributed by atoms with E-state index in [1.807, 2.05) is 0 Å². The molecule has 8 atom stereocenters. The van der Waals surface area contributed by atoms with Gasteiger partial charge in [-0.05, 0) is 30.1 Å². The maximum atomic E-state index is 6.82. The van der Waals surface area contributed by atoms with Crippen LogP contribution in [-0.2, 0) is 4.74 Å². The Morgan fingerprint density at radius 1 is 0.850 bits per heavy atom. The maximum absolute atomic E-state index is 6.82. The van der Waals surface area contributed by atoms with Crippen LogP contribution < -0.4 is 0 Å². The molecule has 8 heteroatoms. The molecule has 1 nitrogen and oxygen atoms in total. The third kappa shape index (κ3) is 1.15. The van der Waals surface area contributed by atoms with E-state index in [2.05, 4.69) is 0 Å². The van der Waals surface area contributed by atoms with Gasteiger partial charge in [-0.3, -0.25) is 0 Å². The van der Waals surface area contributed by atoms with Crippen molar-refractivity contribution < 1.29 is 4.74 Å². The minimum atomic E-state index is -1.37. The molecule has 0 aromatic rings. The Bertz CT molecular complexity index is 518. The average molecular weight is 417 g/mol. The fourth-order valence-corrected chi connectivity index (χ4v) is 8.43. The zero-order chi connectivity index (χ0) is 13.5. The summed E-state index contributed by atoms with van der Waals surface area (Å²) >= 11 is 39.5. The van der Waals surface area contributed by atoms with Crippen LogP contribution in [-0.4, -0.2) is 26.3 Å². The molecule has 0 aromatic carbocycles. The van der Waals surface area contributed by atoms with Crippen molar-refractivity contribution in [2.24, 2.45) is 23.7 Å². The van der Waals surface area contributed by atoms with E-state index in [4.69, 9.17) is 74.3 Å². The van der Waals surface area contributed by atoms with Crippen molar-refractivity contribution >= 4 is 82.0 Å². The fraction of sp³-hybridized carbons (Fsp3) is 0.833. The molecule has 3 saturated carbocycles. The SMILES string of the molecule is Cl.ClC1=C(Cl)[C@]2(Cl)[C@@H]3[C@@H]4C[C@@H]([C@H]5O[C@@H]45)[C@@H]3[C@@]1(Cl)C2(Cl)Cl. The van der Waals surface area contributed by atoms with E-state index in [9.17, 15) is 0 Å². The second kappa shape index (κ2) is 3.86. The molecule has 5 aliphatic rings. The van der Waals surface area contributed by atoms with Crippen molar-refractivity contribution in [3.63, 3.8) is 0 Å². The maximum Gasteiger partial charge on any atom is 0.166 e. The summed E-state index contributed by atoms with van der Waals surface area (Å²) in [5.41, 5.74) is 0. The molecule has 112 valence electrons. The van der Waals surface area contributed by atoms with Gasteiger partial charge in [0.15, 0.2) is 4.33 Å². The topological polar surface area (TPSA) is 12.5 Å². The predicted molar refractivity (Wildman–Crippen MR) is 84.8 cm³/mol. The van der Waals surface area contributed by atoms with E-state index < -0.39 is 14.1 Å². The summed E-state index contributed by atoms with van der Waals surface area (Å²) in [5, 5.41) is 0.642. The van der Waals surface area contributed by atoms with Crippen molar-refractivity contribution in [2.75, 3.05) is 0 Å². The van der Waals surface area contributed by atoms with E-state index in [0.717, 1.165) is 6.42 Å². The molecule has 4 bridgehead atoms. The van der Waals surface area contributed by atoms with Gasteiger partial charge in [-0.2, -0.15) is 0 Å². The van der Waals surface area contributed by atoms with E-state index in [-0.39, 0.29) is 36.5 Å². The van der Waals surface area contributed by atoms with E-state index in [1.165, 1.54) is 0 Å². The molecule has 0 unspecified atom stereocenters. The van der Waals surface area contributed by atoms with Crippen molar-refractivity contribution in [1.82, 2.24) is 0 Å². The summed E-state index contributed by atoms with van der Waals surface area (Å²) < 4.78 is 4.35. The molecule has 0 amide bonds. The second-order valence-electron chi connectivity index (χ2n) is 6.31. The van der Waals surface area contributed by atoms with Gasteiger partial charge in [0, 0.05) is 0 Å². The Labute approximate surface area is 152 Å². The molecule has 4 fully saturated rings. The standard InChI is InChI=1S/C12H8Cl6O.ClH/c13-8-9(14)11(16)5-3-1-2(6-7(3)19-6)4(5)10(8,15)12(11,17)18;/h2-7H,1H2;1H/t2-,3+,4+,5-,6-,7+,10+,11-;. The number of hydrogen-bond donors (Lipinski definition) is 0. The van der Waals surface area contributed by atoms with Gasteiger partial charge in [0.1, 0.15) is 9.75 Å². The third-order valence-corrected chi connectivity index (χ3v) is 10.2. The first-order valence-corrected chi connectivity index (χ1v) is 8.52. The largest absolute Gasteiger partial charge is 0.369 e. The molecule has 20 heavy (non-hydrogen) atoms. The summed E-state index contributed by atoms with van der Waals surface area (Å²) in [6, 6.07) is 0. The summed E-state index contributed by atoms with van der Waals surface area (Å²) in [7, 11) is 0. The summed E-state index contributed by atoms with van der Waals surface area (Å²) in [6.07, 6.45) is 1.63. The number of hydrogen-bond acceptors (Lipinski definition) is 1. The lowest BCUT2D eigenvalue weighted by Gasteiger charge is -2.38. The molecular formula is C12H9Cl7O. The molecule has 1 heterocycles. The highest BCUT2D eigenvalue weighted by Crippen LogP contribution is 2.84. The van der Waals surface area contributed by atoms with Crippen LogP contribution in [0.5, 0.6) is 0 Å². The first-order chi connectivity index (χ1) is 8.78. The number of halogens is 7. The number of alkyl halides is 4. The second-order valence-corrected chi connectivity index (χ2v) is 9.58.